The third kappa shape index (κ3) is 3.19. The SMILES string of the molecule is CC(C)=CC(=O)N1CCC[C@@H](N)C1. The zero-order chi connectivity index (χ0) is 9.84. The van der Waals surface area contributed by atoms with Crippen LogP contribution in [0.25, 0.3) is 0 Å². The molecule has 1 saturated heterocycles. The maximum atomic E-state index is 11.5. The Balaban J connectivity index is 2.51. The minimum atomic E-state index is 0.107. The van der Waals surface area contributed by atoms with Gasteiger partial charge < -0.3 is 10.6 Å². The van der Waals surface area contributed by atoms with Crippen molar-refractivity contribution < 1.29 is 4.79 Å². The van der Waals surface area contributed by atoms with E-state index in [-0.39, 0.29) is 11.9 Å². The molecule has 0 aliphatic carbocycles. The first kappa shape index (κ1) is 10.3. The van der Waals surface area contributed by atoms with Crippen molar-refractivity contribution in [3.63, 3.8) is 0 Å². The Morgan fingerprint density at radius 3 is 2.77 bits per heavy atom. The van der Waals surface area contributed by atoms with Crippen molar-refractivity contribution in [2.24, 2.45) is 5.73 Å². The smallest absolute Gasteiger partial charge is 0.246 e. The number of nitrogens with zero attached hydrogens (tertiary/aromatic N) is 1. The van der Waals surface area contributed by atoms with Crippen LogP contribution in [-0.2, 0) is 4.79 Å². The summed E-state index contributed by atoms with van der Waals surface area (Å²) in [6, 6.07) is 0.170. The second-order valence-corrected chi connectivity index (χ2v) is 3.91. The minimum Gasteiger partial charge on any atom is -0.338 e. The number of likely N-dealkylation sites (tertiary alicyclic amines) is 1. The van der Waals surface area contributed by atoms with Gasteiger partial charge in [-0.1, -0.05) is 5.57 Å². The third-order valence-electron chi connectivity index (χ3n) is 2.18. The molecule has 1 heterocycles. The van der Waals surface area contributed by atoms with Crippen LogP contribution in [-0.4, -0.2) is 29.9 Å². The maximum Gasteiger partial charge on any atom is 0.246 e. The molecule has 0 saturated carbocycles. The van der Waals surface area contributed by atoms with Gasteiger partial charge in [0, 0.05) is 25.2 Å². The normalized spacial score (nSPS) is 22.7. The Morgan fingerprint density at radius 1 is 1.54 bits per heavy atom. The molecular formula is C10H18N2O. The molecule has 3 nitrogen and oxygen atoms in total. The monoisotopic (exact) mass is 182 g/mol. The zero-order valence-electron chi connectivity index (χ0n) is 8.42. The van der Waals surface area contributed by atoms with Crippen LogP contribution < -0.4 is 5.73 Å². The summed E-state index contributed by atoms with van der Waals surface area (Å²) in [5.41, 5.74) is 6.82. The molecule has 13 heavy (non-hydrogen) atoms. The first-order valence-electron chi connectivity index (χ1n) is 4.79. The highest BCUT2D eigenvalue weighted by atomic mass is 16.2. The van der Waals surface area contributed by atoms with Crippen molar-refractivity contribution in [1.82, 2.24) is 4.90 Å². The van der Waals surface area contributed by atoms with Crippen LogP contribution in [0.2, 0.25) is 0 Å². The summed E-state index contributed by atoms with van der Waals surface area (Å²) in [6.45, 7) is 5.43. The lowest BCUT2D eigenvalue weighted by atomic mass is 10.1. The summed E-state index contributed by atoms with van der Waals surface area (Å²) < 4.78 is 0. The van der Waals surface area contributed by atoms with Crippen LogP contribution in [0.3, 0.4) is 0 Å². The Morgan fingerprint density at radius 2 is 2.23 bits per heavy atom. The molecule has 1 aliphatic heterocycles. The minimum absolute atomic E-state index is 0.107. The van der Waals surface area contributed by atoms with Crippen LogP contribution in [0.5, 0.6) is 0 Å². The van der Waals surface area contributed by atoms with Gasteiger partial charge in [-0.3, -0.25) is 4.79 Å². The lowest BCUT2D eigenvalue weighted by Gasteiger charge is -2.30. The third-order valence-corrected chi connectivity index (χ3v) is 2.18. The van der Waals surface area contributed by atoms with E-state index in [1.165, 1.54) is 0 Å². The van der Waals surface area contributed by atoms with Crippen molar-refractivity contribution in [3.05, 3.63) is 11.6 Å². The molecule has 74 valence electrons. The molecule has 0 aromatic heterocycles. The zero-order valence-corrected chi connectivity index (χ0v) is 8.42. The van der Waals surface area contributed by atoms with E-state index < -0.39 is 0 Å². The fraction of sp³-hybridized carbons (Fsp3) is 0.700. The van der Waals surface area contributed by atoms with Gasteiger partial charge in [0.15, 0.2) is 0 Å². The molecule has 0 radical (unpaired) electrons. The van der Waals surface area contributed by atoms with E-state index in [4.69, 9.17) is 5.73 Å². The van der Waals surface area contributed by atoms with E-state index in [2.05, 4.69) is 0 Å². The van der Waals surface area contributed by atoms with Crippen molar-refractivity contribution in [2.75, 3.05) is 13.1 Å². The fourth-order valence-electron chi connectivity index (χ4n) is 1.55. The number of amides is 1. The van der Waals surface area contributed by atoms with Crippen LogP contribution >= 0.6 is 0 Å². The van der Waals surface area contributed by atoms with Gasteiger partial charge in [-0.25, -0.2) is 0 Å². The number of nitrogens with two attached hydrogens (primary N) is 1. The van der Waals surface area contributed by atoms with Gasteiger partial charge >= 0.3 is 0 Å². The van der Waals surface area contributed by atoms with Gasteiger partial charge in [0.1, 0.15) is 0 Å². The number of allylic oxidation sites excluding steroid dienone is 1. The maximum absolute atomic E-state index is 11.5. The highest BCUT2D eigenvalue weighted by Crippen LogP contribution is 2.09. The van der Waals surface area contributed by atoms with Crippen LogP contribution in [0.15, 0.2) is 11.6 Å². The second kappa shape index (κ2) is 4.42. The highest BCUT2D eigenvalue weighted by molar-refractivity contribution is 5.88. The van der Waals surface area contributed by atoms with Gasteiger partial charge in [0.05, 0.1) is 0 Å². The molecule has 1 amide bonds. The fourth-order valence-corrected chi connectivity index (χ4v) is 1.55. The summed E-state index contributed by atoms with van der Waals surface area (Å²) in [7, 11) is 0. The number of hydrogen-bond acceptors (Lipinski definition) is 2. The predicted molar refractivity (Wildman–Crippen MR) is 53.2 cm³/mol. The van der Waals surface area contributed by atoms with Crippen LogP contribution in [0.4, 0.5) is 0 Å². The standard InChI is InChI=1S/C10H18N2O/c1-8(2)6-10(13)12-5-3-4-9(11)7-12/h6,9H,3-5,7,11H2,1-2H3/t9-/m1/s1. The van der Waals surface area contributed by atoms with Crippen LogP contribution in [0, 0.1) is 0 Å². The van der Waals surface area contributed by atoms with Gasteiger partial charge in [0.25, 0.3) is 0 Å². The molecule has 0 aromatic rings. The highest BCUT2D eigenvalue weighted by Gasteiger charge is 2.19. The molecule has 3 heteroatoms. The number of carbonyl (C=O) groups is 1. The lowest BCUT2D eigenvalue weighted by molar-refractivity contribution is -0.127. The lowest BCUT2D eigenvalue weighted by Crippen LogP contribution is -2.45. The number of hydrogen-bond donors (Lipinski definition) is 1. The molecule has 0 spiro atoms. The van der Waals surface area contributed by atoms with Gasteiger partial charge in [-0.05, 0) is 26.7 Å². The Bertz CT molecular complexity index is 219. The first-order valence-corrected chi connectivity index (χ1v) is 4.79. The molecule has 0 bridgehead atoms. The molecule has 1 rings (SSSR count). The Hall–Kier alpha value is -0.830. The quantitative estimate of drug-likeness (QED) is 0.612. The largest absolute Gasteiger partial charge is 0.338 e. The van der Waals surface area contributed by atoms with E-state index in [0.717, 1.165) is 25.0 Å². The summed E-state index contributed by atoms with van der Waals surface area (Å²) >= 11 is 0. The van der Waals surface area contributed by atoms with E-state index in [9.17, 15) is 4.79 Å². The summed E-state index contributed by atoms with van der Waals surface area (Å²) in [5, 5.41) is 0. The van der Waals surface area contributed by atoms with Crippen molar-refractivity contribution in [1.29, 1.82) is 0 Å². The topological polar surface area (TPSA) is 46.3 Å². The number of carbonyl (C=O) groups excluding carboxylic acids is 1. The van der Waals surface area contributed by atoms with Crippen LogP contribution in [0.1, 0.15) is 26.7 Å². The Kier molecular flexibility index (Phi) is 3.48. The van der Waals surface area contributed by atoms with E-state index >= 15 is 0 Å². The van der Waals surface area contributed by atoms with Crippen molar-refractivity contribution >= 4 is 5.91 Å². The summed E-state index contributed by atoms with van der Waals surface area (Å²) in [4.78, 5) is 13.4. The van der Waals surface area contributed by atoms with Crippen molar-refractivity contribution in [2.45, 2.75) is 32.7 Å². The van der Waals surface area contributed by atoms with Gasteiger partial charge in [-0.15, -0.1) is 0 Å². The second-order valence-electron chi connectivity index (χ2n) is 3.91. The Labute approximate surface area is 79.6 Å². The van der Waals surface area contributed by atoms with E-state index in [1.54, 1.807) is 6.08 Å². The average molecular weight is 182 g/mol. The summed E-state index contributed by atoms with van der Waals surface area (Å²) in [5.74, 6) is 0.107. The predicted octanol–water partition coefficient (Wildman–Crippen LogP) is 0.902. The molecule has 1 fully saturated rings. The number of rotatable bonds is 1. The molecule has 1 aliphatic rings. The molecule has 0 unspecified atom stereocenters. The van der Waals surface area contributed by atoms with E-state index in [0.29, 0.717) is 6.54 Å². The average Bonchev–Trinajstić information content (AvgIpc) is 2.03. The molecule has 1 atom stereocenters. The number of piperidine rings is 1. The van der Waals surface area contributed by atoms with E-state index in [1.807, 2.05) is 18.7 Å². The molecule has 0 aromatic carbocycles. The molecular weight excluding hydrogens is 164 g/mol. The van der Waals surface area contributed by atoms with Gasteiger partial charge in [-0.2, -0.15) is 0 Å². The summed E-state index contributed by atoms with van der Waals surface area (Å²) in [6.07, 6.45) is 3.75. The molecule has 2 N–H and O–H groups in total. The van der Waals surface area contributed by atoms with Gasteiger partial charge in [0.2, 0.25) is 5.91 Å². The van der Waals surface area contributed by atoms with Crippen molar-refractivity contribution in [3.8, 4) is 0 Å². The first-order chi connectivity index (χ1) is 6.09.